The van der Waals surface area contributed by atoms with Crippen molar-refractivity contribution in [3.8, 4) is 0 Å². The zero-order chi connectivity index (χ0) is 12.4. The van der Waals surface area contributed by atoms with Crippen LogP contribution in [0.3, 0.4) is 0 Å². The predicted octanol–water partition coefficient (Wildman–Crippen LogP) is 2.93. The molecule has 0 spiro atoms. The predicted molar refractivity (Wildman–Crippen MR) is 67.5 cm³/mol. The molecule has 0 saturated carbocycles. The van der Waals surface area contributed by atoms with Crippen LogP contribution in [0.5, 0.6) is 0 Å². The number of anilines is 1. The lowest BCUT2D eigenvalue weighted by atomic mass is 10.2. The van der Waals surface area contributed by atoms with Crippen LogP contribution in [0.15, 0.2) is 24.4 Å². The van der Waals surface area contributed by atoms with Crippen LogP contribution in [0, 0.1) is 13.8 Å². The number of hydrogen-bond donors (Lipinski definition) is 2. The van der Waals surface area contributed by atoms with E-state index in [-0.39, 0.29) is 5.91 Å². The minimum atomic E-state index is -0.226. The number of imidazole rings is 1. The molecule has 1 aromatic heterocycles. The molecule has 4 nitrogen and oxygen atoms in total. The number of halogens is 1. The quantitative estimate of drug-likeness (QED) is 0.860. The Kier molecular flexibility index (Phi) is 3.15. The van der Waals surface area contributed by atoms with Crippen LogP contribution in [0.25, 0.3) is 0 Å². The molecule has 0 unspecified atom stereocenters. The molecule has 2 aromatic rings. The van der Waals surface area contributed by atoms with E-state index in [2.05, 4.69) is 15.3 Å². The summed E-state index contributed by atoms with van der Waals surface area (Å²) < 4.78 is 0. The number of carbonyl (C=O) groups excluding carboxylic acids is 1. The number of aromatic nitrogens is 2. The van der Waals surface area contributed by atoms with Gasteiger partial charge in [0.25, 0.3) is 5.91 Å². The molecule has 5 heteroatoms. The molecule has 1 amide bonds. The van der Waals surface area contributed by atoms with Gasteiger partial charge < -0.3 is 10.3 Å². The zero-order valence-electron chi connectivity index (χ0n) is 9.54. The number of hydrogen-bond acceptors (Lipinski definition) is 2. The lowest BCUT2D eigenvalue weighted by Gasteiger charge is -2.08. The topological polar surface area (TPSA) is 57.8 Å². The van der Waals surface area contributed by atoms with E-state index in [1.807, 2.05) is 13.0 Å². The monoisotopic (exact) mass is 249 g/mol. The first kappa shape index (κ1) is 11.7. The van der Waals surface area contributed by atoms with E-state index in [0.717, 1.165) is 5.56 Å². The molecule has 0 radical (unpaired) electrons. The average molecular weight is 250 g/mol. The van der Waals surface area contributed by atoms with Crippen LogP contribution in [0.2, 0.25) is 5.02 Å². The molecular weight excluding hydrogens is 238 g/mol. The number of aryl methyl sites for hydroxylation is 1. The molecule has 0 aliphatic carbocycles. The molecule has 17 heavy (non-hydrogen) atoms. The van der Waals surface area contributed by atoms with E-state index >= 15 is 0 Å². The number of rotatable bonds is 2. The highest BCUT2D eigenvalue weighted by molar-refractivity contribution is 6.31. The summed E-state index contributed by atoms with van der Waals surface area (Å²) in [4.78, 5) is 18.7. The fourth-order valence-corrected chi connectivity index (χ4v) is 1.64. The number of amides is 1. The highest BCUT2D eigenvalue weighted by atomic mass is 35.5. The van der Waals surface area contributed by atoms with Crippen LogP contribution in [-0.4, -0.2) is 15.9 Å². The molecule has 0 aliphatic heterocycles. The van der Waals surface area contributed by atoms with Crippen molar-refractivity contribution in [1.29, 1.82) is 0 Å². The summed E-state index contributed by atoms with van der Waals surface area (Å²) in [6.07, 6.45) is 1.50. The average Bonchev–Trinajstić information content (AvgIpc) is 2.72. The van der Waals surface area contributed by atoms with Crippen LogP contribution in [0.4, 0.5) is 5.69 Å². The van der Waals surface area contributed by atoms with E-state index in [4.69, 9.17) is 11.6 Å². The number of H-pyrrole nitrogens is 1. The maximum absolute atomic E-state index is 11.9. The van der Waals surface area contributed by atoms with Crippen LogP contribution >= 0.6 is 11.6 Å². The van der Waals surface area contributed by atoms with Gasteiger partial charge in [0, 0.05) is 10.7 Å². The smallest absolute Gasteiger partial charge is 0.273 e. The van der Waals surface area contributed by atoms with Gasteiger partial charge in [0.15, 0.2) is 0 Å². The largest absolute Gasteiger partial charge is 0.338 e. The summed E-state index contributed by atoms with van der Waals surface area (Å²) in [5, 5.41) is 3.41. The van der Waals surface area contributed by atoms with Crippen molar-refractivity contribution in [2.45, 2.75) is 13.8 Å². The van der Waals surface area contributed by atoms with Crippen molar-refractivity contribution in [2.75, 3.05) is 5.32 Å². The zero-order valence-corrected chi connectivity index (χ0v) is 10.3. The van der Waals surface area contributed by atoms with Gasteiger partial charge in [-0.1, -0.05) is 17.7 Å². The highest BCUT2D eigenvalue weighted by Crippen LogP contribution is 2.23. The third kappa shape index (κ3) is 2.47. The first-order valence-corrected chi connectivity index (χ1v) is 5.54. The second-order valence-electron chi connectivity index (χ2n) is 3.75. The minimum absolute atomic E-state index is 0.226. The Morgan fingerprint density at radius 3 is 2.82 bits per heavy atom. The second-order valence-corrected chi connectivity index (χ2v) is 4.16. The number of carbonyl (C=O) groups is 1. The fraction of sp³-hybridized carbons (Fsp3) is 0.167. The molecule has 0 atom stereocenters. The Morgan fingerprint density at radius 2 is 2.18 bits per heavy atom. The first-order chi connectivity index (χ1) is 8.08. The van der Waals surface area contributed by atoms with Gasteiger partial charge in [-0.25, -0.2) is 4.98 Å². The van der Waals surface area contributed by atoms with Gasteiger partial charge in [-0.3, -0.25) is 4.79 Å². The summed E-state index contributed by atoms with van der Waals surface area (Å²) >= 11 is 5.98. The summed E-state index contributed by atoms with van der Waals surface area (Å²) in [7, 11) is 0. The lowest BCUT2D eigenvalue weighted by molar-refractivity contribution is 0.102. The molecule has 1 heterocycles. The Hall–Kier alpha value is -1.81. The normalized spacial score (nSPS) is 10.3. The van der Waals surface area contributed by atoms with Crippen molar-refractivity contribution in [1.82, 2.24) is 9.97 Å². The van der Waals surface area contributed by atoms with Gasteiger partial charge in [0.05, 0.1) is 6.20 Å². The summed E-state index contributed by atoms with van der Waals surface area (Å²) in [5.74, 6) is 0.480. The summed E-state index contributed by atoms with van der Waals surface area (Å²) in [6.45, 7) is 3.65. The maximum Gasteiger partial charge on any atom is 0.273 e. The summed E-state index contributed by atoms with van der Waals surface area (Å²) in [6, 6.07) is 5.39. The van der Waals surface area contributed by atoms with Crippen LogP contribution < -0.4 is 5.32 Å². The lowest BCUT2D eigenvalue weighted by Crippen LogP contribution is -2.13. The SMILES string of the molecule is Cc1ncc(C(=O)Nc2cccc(Cl)c2C)[nH]1. The Balaban J connectivity index is 2.21. The van der Waals surface area contributed by atoms with Gasteiger partial charge >= 0.3 is 0 Å². The number of nitrogens with zero attached hydrogens (tertiary/aromatic N) is 1. The van der Waals surface area contributed by atoms with Crippen molar-refractivity contribution >= 4 is 23.2 Å². The Bertz CT molecular complexity index is 563. The molecule has 2 rings (SSSR count). The Labute approximate surface area is 104 Å². The van der Waals surface area contributed by atoms with Gasteiger partial charge in [0.2, 0.25) is 0 Å². The van der Waals surface area contributed by atoms with Crippen LogP contribution in [-0.2, 0) is 0 Å². The van der Waals surface area contributed by atoms with Crippen molar-refractivity contribution in [3.63, 3.8) is 0 Å². The van der Waals surface area contributed by atoms with Crippen molar-refractivity contribution in [3.05, 3.63) is 46.5 Å². The van der Waals surface area contributed by atoms with Crippen molar-refractivity contribution < 1.29 is 4.79 Å². The van der Waals surface area contributed by atoms with E-state index in [9.17, 15) is 4.79 Å². The number of nitrogens with one attached hydrogen (secondary N) is 2. The number of aromatic amines is 1. The molecule has 0 fully saturated rings. The van der Waals surface area contributed by atoms with Crippen LogP contribution in [0.1, 0.15) is 21.9 Å². The Morgan fingerprint density at radius 1 is 1.41 bits per heavy atom. The molecule has 2 N–H and O–H groups in total. The third-order valence-electron chi connectivity index (χ3n) is 2.46. The molecule has 0 bridgehead atoms. The first-order valence-electron chi connectivity index (χ1n) is 5.16. The van der Waals surface area contributed by atoms with Gasteiger partial charge in [0.1, 0.15) is 11.5 Å². The van der Waals surface area contributed by atoms with Gasteiger partial charge in [-0.05, 0) is 31.5 Å². The maximum atomic E-state index is 11.9. The third-order valence-corrected chi connectivity index (χ3v) is 2.87. The van der Waals surface area contributed by atoms with Gasteiger partial charge in [-0.15, -0.1) is 0 Å². The standard InChI is InChI=1S/C12H12ClN3O/c1-7-9(13)4-3-5-10(7)16-12(17)11-6-14-8(2)15-11/h3-6H,1-2H3,(H,14,15)(H,16,17). The van der Waals surface area contributed by atoms with E-state index in [1.54, 1.807) is 19.1 Å². The second kappa shape index (κ2) is 4.59. The molecule has 1 aromatic carbocycles. The highest BCUT2D eigenvalue weighted by Gasteiger charge is 2.10. The number of benzene rings is 1. The van der Waals surface area contributed by atoms with E-state index in [1.165, 1.54) is 6.20 Å². The minimum Gasteiger partial charge on any atom is -0.338 e. The molecule has 0 aliphatic rings. The summed E-state index contributed by atoms with van der Waals surface area (Å²) in [5.41, 5.74) is 1.98. The molecule has 88 valence electrons. The molecule has 0 saturated heterocycles. The molecular formula is C12H12ClN3O. The van der Waals surface area contributed by atoms with Gasteiger partial charge in [-0.2, -0.15) is 0 Å². The van der Waals surface area contributed by atoms with E-state index < -0.39 is 0 Å². The van der Waals surface area contributed by atoms with Crippen molar-refractivity contribution in [2.24, 2.45) is 0 Å². The fourth-order valence-electron chi connectivity index (χ4n) is 1.47. The van der Waals surface area contributed by atoms with E-state index in [0.29, 0.717) is 22.2 Å².